The van der Waals surface area contributed by atoms with Gasteiger partial charge >= 0.3 is 5.97 Å². The van der Waals surface area contributed by atoms with Crippen molar-refractivity contribution in [2.75, 3.05) is 13.6 Å². The molecule has 6 unspecified atom stereocenters. The number of carboxylic acid groups (broad SMARTS) is 1. The van der Waals surface area contributed by atoms with E-state index >= 15 is 0 Å². The summed E-state index contributed by atoms with van der Waals surface area (Å²) in [6, 6.07) is 10.5. The number of aromatic hydroxyl groups is 1. The van der Waals surface area contributed by atoms with Crippen LogP contribution < -0.4 is 0 Å². The fourth-order valence-electron chi connectivity index (χ4n) is 7.32. The van der Waals surface area contributed by atoms with Crippen molar-refractivity contribution in [3.8, 4) is 5.75 Å². The number of likely N-dealkylation sites (tertiary alicyclic amines) is 2. The average Bonchev–Trinajstić information content (AvgIpc) is 3.24. The van der Waals surface area contributed by atoms with E-state index in [1.54, 1.807) is 24.3 Å². The molecule has 4 amide bonds. The minimum absolute atomic E-state index is 0.0296. The topological polar surface area (TPSA) is 132 Å². The first-order valence-electron chi connectivity index (χ1n) is 13.1. The van der Waals surface area contributed by atoms with Gasteiger partial charge in [-0.3, -0.25) is 33.8 Å². The molecule has 0 bridgehead atoms. The number of alkyl halides is 2. The van der Waals surface area contributed by atoms with Crippen molar-refractivity contribution >= 4 is 63.6 Å². The van der Waals surface area contributed by atoms with Gasteiger partial charge in [0, 0.05) is 31.5 Å². The highest BCUT2D eigenvalue weighted by atomic mass is 35.5. The van der Waals surface area contributed by atoms with Gasteiger partial charge in [-0.1, -0.05) is 42.0 Å². The van der Waals surface area contributed by atoms with E-state index in [1.807, 2.05) is 12.1 Å². The number of aliphatic carboxylic acids is 1. The fraction of sp³-hybridized carbons (Fsp3) is 0.414. The first-order valence-corrected chi connectivity index (χ1v) is 13.9. The molecule has 11 heteroatoms. The van der Waals surface area contributed by atoms with Crippen molar-refractivity contribution in [2.45, 2.75) is 41.3 Å². The molecule has 2 saturated heterocycles. The van der Waals surface area contributed by atoms with Crippen LogP contribution in [0.25, 0.3) is 10.8 Å². The molecule has 2 N–H and O–H groups in total. The summed E-state index contributed by atoms with van der Waals surface area (Å²) in [6.07, 6.45) is 1.78. The average molecular weight is 585 g/mol. The molecule has 0 spiro atoms. The third-order valence-electron chi connectivity index (χ3n) is 9.11. The number of carbonyl (C=O) groups excluding carboxylic acids is 4. The number of imide groups is 2. The quantitative estimate of drug-likeness (QED) is 0.312. The molecule has 6 atom stereocenters. The number of carboxylic acids is 1. The SMILES string of the molecule is CN1C(=O)C2(Cl)CC3C(=CCC4C(=O)N(CCCC(=O)O)C(=O)C43)C(c3c(O)ccc4ccccc34)C2(Cl)C1=O. The minimum atomic E-state index is -2.00. The Kier molecular flexibility index (Phi) is 6.05. The van der Waals surface area contributed by atoms with Gasteiger partial charge < -0.3 is 10.2 Å². The molecular weight excluding hydrogens is 559 g/mol. The maximum Gasteiger partial charge on any atom is 0.303 e. The highest BCUT2D eigenvalue weighted by Crippen LogP contribution is 2.66. The van der Waals surface area contributed by atoms with Gasteiger partial charge in [0.05, 0.1) is 11.8 Å². The molecule has 2 aliphatic heterocycles. The minimum Gasteiger partial charge on any atom is -0.508 e. The number of fused-ring (bicyclic) bond motifs is 5. The lowest BCUT2D eigenvalue weighted by Gasteiger charge is -2.51. The van der Waals surface area contributed by atoms with Crippen LogP contribution in [0.4, 0.5) is 0 Å². The number of halogens is 2. The van der Waals surface area contributed by atoms with Crippen LogP contribution in [0, 0.1) is 17.8 Å². The summed E-state index contributed by atoms with van der Waals surface area (Å²) in [6.45, 7) is -0.0296. The van der Waals surface area contributed by atoms with E-state index in [2.05, 4.69) is 0 Å². The molecule has 0 aromatic heterocycles. The summed E-state index contributed by atoms with van der Waals surface area (Å²) in [7, 11) is 1.31. The largest absolute Gasteiger partial charge is 0.508 e. The Morgan fingerprint density at radius 1 is 1.02 bits per heavy atom. The Morgan fingerprint density at radius 2 is 1.75 bits per heavy atom. The number of benzene rings is 2. The van der Waals surface area contributed by atoms with Gasteiger partial charge in [0.2, 0.25) is 11.8 Å². The predicted molar refractivity (Wildman–Crippen MR) is 145 cm³/mol. The van der Waals surface area contributed by atoms with Crippen molar-refractivity contribution < 1.29 is 34.2 Å². The Labute approximate surface area is 239 Å². The standard InChI is InChI=1S/C29H26Cl2N2O7/c1-32-26(39)28(30)13-18-16(9-10-17-21(18)25(38)33(24(17)37)12-4-7-20(35)36)23(29(28,31)27(32)40)22-15-6-3-2-5-14(15)8-11-19(22)34/h2-3,5-6,8-9,11,17-18,21,23,34H,4,7,10,12-13H2,1H3,(H,35,36). The van der Waals surface area contributed by atoms with Gasteiger partial charge in [-0.25, -0.2) is 0 Å². The maximum atomic E-state index is 13.8. The Balaban J connectivity index is 1.53. The summed E-state index contributed by atoms with van der Waals surface area (Å²) in [5.41, 5.74) is 0.920. The molecule has 0 radical (unpaired) electrons. The molecule has 2 heterocycles. The molecule has 1 saturated carbocycles. The maximum absolute atomic E-state index is 13.8. The monoisotopic (exact) mass is 584 g/mol. The van der Waals surface area contributed by atoms with E-state index in [0.717, 1.165) is 15.2 Å². The van der Waals surface area contributed by atoms with Gasteiger partial charge in [0.1, 0.15) is 5.75 Å². The molecule has 9 nitrogen and oxygen atoms in total. The molecule has 2 aromatic rings. The van der Waals surface area contributed by atoms with E-state index in [1.165, 1.54) is 13.1 Å². The lowest BCUT2D eigenvalue weighted by atomic mass is 9.56. The third-order valence-corrected chi connectivity index (χ3v) is 10.5. The lowest BCUT2D eigenvalue weighted by Crippen LogP contribution is -2.60. The van der Waals surface area contributed by atoms with Gasteiger partial charge in [0.25, 0.3) is 11.8 Å². The number of nitrogens with zero attached hydrogens (tertiary/aromatic N) is 2. The number of hydrogen-bond acceptors (Lipinski definition) is 6. The fourth-order valence-corrected chi connectivity index (χ4v) is 8.33. The zero-order chi connectivity index (χ0) is 28.7. The van der Waals surface area contributed by atoms with E-state index in [4.69, 9.17) is 28.3 Å². The predicted octanol–water partition coefficient (Wildman–Crippen LogP) is 3.40. The summed E-state index contributed by atoms with van der Waals surface area (Å²) in [5, 5.41) is 21.6. The smallest absolute Gasteiger partial charge is 0.303 e. The lowest BCUT2D eigenvalue weighted by molar-refractivity contribution is -0.142. The molecule has 4 aliphatic rings. The third kappa shape index (κ3) is 3.37. The van der Waals surface area contributed by atoms with Crippen LogP contribution >= 0.6 is 23.2 Å². The first kappa shape index (κ1) is 26.8. The summed E-state index contributed by atoms with van der Waals surface area (Å²) in [4.78, 5) is 63.5. The number of phenols is 1. The van der Waals surface area contributed by atoms with E-state index in [-0.39, 0.29) is 38.0 Å². The Morgan fingerprint density at radius 3 is 2.48 bits per heavy atom. The van der Waals surface area contributed by atoms with Crippen molar-refractivity contribution in [1.29, 1.82) is 0 Å². The zero-order valence-electron chi connectivity index (χ0n) is 21.5. The molecule has 208 valence electrons. The van der Waals surface area contributed by atoms with E-state index in [0.29, 0.717) is 16.5 Å². The van der Waals surface area contributed by atoms with Crippen LogP contribution in [0.15, 0.2) is 48.0 Å². The molecule has 40 heavy (non-hydrogen) atoms. The van der Waals surface area contributed by atoms with Crippen LogP contribution in [0.1, 0.15) is 37.2 Å². The molecule has 6 rings (SSSR count). The van der Waals surface area contributed by atoms with Crippen LogP contribution in [0.3, 0.4) is 0 Å². The van der Waals surface area contributed by atoms with Crippen molar-refractivity contribution in [3.05, 3.63) is 53.6 Å². The molecule has 2 aliphatic carbocycles. The number of rotatable bonds is 5. The summed E-state index contributed by atoms with van der Waals surface area (Å²) >= 11 is 14.4. The van der Waals surface area contributed by atoms with Crippen LogP contribution in [0.5, 0.6) is 5.75 Å². The van der Waals surface area contributed by atoms with Crippen molar-refractivity contribution in [3.63, 3.8) is 0 Å². The molecule has 2 aromatic carbocycles. The number of phenolic OH excluding ortho intramolecular Hbond substituents is 1. The Bertz CT molecular complexity index is 1560. The van der Waals surface area contributed by atoms with Gasteiger partial charge in [-0.15, -0.1) is 23.2 Å². The zero-order valence-corrected chi connectivity index (χ0v) is 23.0. The number of hydrogen-bond donors (Lipinski definition) is 2. The van der Waals surface area contributed by atoms with Gasteiger partial charge in [-0.2, -0.15) is 0 Å². The normalized spacial score (nSPS) is 33.2. The van der Waals surface area contributed by atoms with Gasteiger partial charge in [-0.05, 0) is 42.0 Å². The number of amides is 4. The van der Waals surface area contributed by atoms with E-state index in [9.17, 15) is 29.1 Å². The van der Waals surface area contributed by atoms with Crippen LogP contribution in [0.2, 0.25) is 0 Å². The number of carbonyl (C=O) groups is 5. The Hall–Kier alpha value is -3.43. The van der Waals surface area contributed by atoms with Crippen molar-refractivity contribution in [2.24, 2.45) is 17.8 Å². The molecular formula is C29H26Cl2N2O7. The first-order chi connectivity index (χ1) is 18.9. The van der Waals surface area contributed by atoms with Crippen LogP contribution in [-0.4, -0.2) is 73.0 Å². The van der Waals surface area contributed by atoms with Gasteiger partial charge in [0.15, 0.2) is 9.75 Å². The second-order valence-corrected chi connectivity index (χ2v) is 12.3. The van der Waals surface area contributed by atoms with Crippen molar-refractivity contribution in [1.82, 2.24) is 9.80 Å². The van der Waals surface area contributed by atoms with E-state index < -0.39 is 63.0 Å². The number of allylic oxidation sites excluding steroid dienone is 2. The van der Waals surface area contributed by atoms with Crippen LogP contribution in [-0.2, 0) is 24.0 Å². The second-order valence-electron chi connectivity index (χ2n) is 11.0. The highest BCUT2D eigenvalue weighted by molar-refractivity contribution is 6.53. The molecule has 3 fully saturated rings. The summed E-state index contributed by atoms with van der Waals surface area (Å²) in [5.74, 6) is -6.75. The second kappa shape index (κ2) is 9.04. The summed E-state index contributed by atoms with van der Waals surface area (Å²) < 4.78 is 0. The highest BCUT2D eigenvalue weighted by Gasteiger charge is 2.76.